The standard InChI is InChI=1S/2C7H6N4.C2H6/c1-5-9-3-6-7(11-5)2-8-4-10-6;1-5-2-9-7-6(11-5)3-8-4-10-7;1-2/h2*2-4H,1H3;1-2H3. The molecule has 0 atom stereocenters. The summed E-state index contributed by atoms with van der Waals surface area (Å²) in [7, 11) is 0. The predicted molar refractivity (Wildman–Crippen MR) is 91.1 cm³/mol. The smallest absolute Gasteiger partial charge is 0.181 e. The molecule has 4 heterocycles. The van der Waals surface area contributed by atoms with E-state index in [4.69, 9.17) is 0 Å². The Morgan fingerprint density at radius 2 is 1.33 bits per heavy atom. The Labute approximate surface area is 139 Å². The van der Waals surface area contributed by atoms with Crippen LogP contribution in [0.3, 0.4) is 0 Å². The van der Waals surface area contributed by atoms with Gasteiger partial charge in [-0.05, 0) is 13.8 Å². The molecule has 0 bridgehead atoms. The summed E-state index contributed by atoms with van der Waals surface area (Å²) >= 11 is 0. The third-order valence-corrected chi connectivity index (χ3v) is 2.72. The molecule has 8 heteroatoms. The van der Waals surface area contributed by atoms with Crippen molar-refractivity contribution < 1.29 is 0 Å². The Morgan fingerprint density at radius 1 is 0.625 bits per heavy atom. The molecule has 0 fully saturated rings. The quantitative estimate of drug-likeness (QED) is 0.486. The molecule has 0 amide bonds. The van der Waals surface area contributed by atoms with Crippen molar-refractivity contribution >= 4 is 22.2 Å². The monoisotopic (exact) mass is 322 g/mol. The molecule has 0 aliphatic heterocycles. The Hall–Kier alpha value is -3.16. The maximum absolute atomic E-state index is 4.19. The summed E-state index contributed by atoms with van der Waals surface area (Å²) in [6.07, 6.45) is 9.67. The van der Waals surface area contributed by atoms with Crippen LogP contribution in [0.4, 0.5) is 0 Å². The minimum absolute atomic E-state index is 0.644. The van der Waals surface area contributed by atoms with E-state index < -0.39 is 0 Å². The maximum Gasteiger partial charge on any atom is 0.181 e. The van der Waals surface area contributed by atoms with Gasteiger partial charge in [-0.1, -0.05) is 13.8 Å². The van der Waals surface area contributed by atoms with Crippen molar-refractivity contribution in [3.8, 4) is 0 Å². The van der Waals surface area contributed by atoms with Crippen LogP contribution in [0.15, 0.2) is 37.4 Å². The second-order valence-electron chi connectivity index (χ2n) is 4.45. The first-order valence-corrected chi connectivity index (χ1v) is 7.51. The SMILES string of the molecule is CC.Cc1cnc2ncncc2n1.Cc1ncc2ncncc2n1. The summed E-state index contributed by atoms with van der Waals surface area (Å²) in [6.45, 7) is 7.73. The van der Waals surface area contributed by atoms with Gasteiger partial charge in [-0.3, -0.25) is 0 Å². The molecule has 4 aromatic rings. The van der Waals surface area contributed by atoms with Gasteiger partial charge >= 0.3 is 0 Å². The summed E-state index contributed by atoms with van der Waals surface area (Å²) in [6, 6.07) is 0. The van der Waals surface area contributed by atoms with E-state index in [0.717, 1.165) is 28.1 Å². The highest BCUT2D eigenvalue weighted by Gasteiger charge is 1.95. The first-order chi connectivity index (χ1) is 11.7. The van der Waals surface area contributed by atoms with Crippen molar-refractivity contribution in [3.05, 3.63) is 49.0 Å². The van der Waals surface area contributed by atoms with Gasteiger partial charge in [0.15, 0.2) is 5.65 Å². The Balaban J connectivity index is 0.000000158. The van der Waals surface area contributed by atoms with E-state index in [1.807, 2.05) is 27.7 Å². The molecule has 0 unspecified atom stereocenters. The summed E-state index contributed by atoms with van der Waals surface area (Å²) in [5.74, 6) is 0.743. The van der Waals surface area contributed by atoms with E-state index in [2.05, 4.69) is 39.9 Å². The fourth-order valence-electron chi connectivity index (χ4n) is 1.74. The molecule has 0 spiro atoms. The molecule has 0 radical (unpaired) electrons. The number of hydrogen-bond acceptors (Lipinski definition) is 8. The summed E-state index contributed by atoms with van der Waals surface area (Å²) in [4.78, 5) is 32.0. The van der Waals surface area contributed by atoms with Gasteiger partial charge in [0.25, 0.3) is 0 Å². The van der Waals surface area contributed by atoms with Crippen molar-refractivity contribution in [2.24, 2.45) is 0 Å². The second kappa shape index (κ2) is 8.47. The van der Waals surface area contributed by atoms with E-state index in [0.29, 0.717) is 5.65 Å². The van der Waals surface area contributed by atoms with Gasteiger partial charge in [0.2, 0.25) is 0 Å². The van der Waals surface area contributed by atoms with Crippen molar-refractivity contribution in [2.75, 3.05) is 0 Å². The molecule has 0 saturated carbocycles. The maximum atomic E-state index is 4.19. The summed E-state index contributed by atoms with van der Waals surface area (Å²) in [5, 5.41) is 0. The predicted octanol–water partition coefficient (Wildman–Crippen LogP) is 2.48. The molecular formula is C16H18N8. The van der Waals surface area contributed by atoms with Crippen LogP contribution in [-0.2, 0) is 0 Å². The van der Waals surface area contributed by atoms with E-state index in [1.54, 1.807) is 24.8 Å². The zero-order valence-corrected chi connectivity index (χ0v) is 14.0. The van der Waals surface area contributed by atoms with Crippen LogP contribution in [0.1, 0.15) is 25.4 Å². The van der Waals surface area contributed by atoms with Gasteiger partial charge in [-0.15, -0.1) is 0 Å². The van der Waals surface area contributed by atoms with Gasteiger partial charge in [0.1, 0.15) is 35.0 Å². The minimum Gasteiger partial charge on any atom is -0.247 e. The summed E-state index contributed by atoms with van der Waals surface area (Å²) in [5.41, 5.74) is 3.84. The second-order valence-corrected chi connectivity index (χ2v) is 4.45. The van der Waals surface area contributed by atoms with Gasteiger partial charge in [-0.2, -0.15) is 0 Å². The van der Waals surface area contributed by atoms with E-state index >= 15 is 0 Å². The highest BCUT2D eigenvalue weighted by atomic mass is 14.9. The zero-order valence-electron chi connectivity index (χ0n) is 14.0. The molecular weight excluding hydrogens is 304 g/mol. The third-order valence-electron chi connectivity index (χ3n) is 2.72. The van der Waals surface area contributed by atoms with Crippen molar-refractivity contribution in [3.63, 3.8) is 0 Å². The molecule has 4 rings (SSSR count). The molecule has 0 aliphatic carbocycles. The van der Waals surface area contributed by atoms with Crippen LogP contribution in [0, 0.1) is 13.8 Å². The Bertz CT molecular complexity index is 848. The molecule has 122 valence electrons. The highest BCUT2D eigenvalue weighted by Crippen LogP contribution is 2.03. The number of fused-ring (bicyclic) bond motifs is 2. The zero-order chi connectivity index (χ0) is 17.4. The number of aryl methyl sites for hydroxylation is 2. The van der Waals surface area contributed by atoms with E-state index in [1.165, 1.54) is 12.7 Å². The van der Waals surface area contributed by atoms with Gasteiger partial charge in [0, 0.05) is 0 Å². The normalized spacial score (nSPS) is 9.67. The number of aromatic nitrogens is 8. The van der Waals surface area contributed by atoms with Gasteiger partial charge < -0.3 is 0 Å². The fraction of sp³-hybridized carbons (Fsp3) is 0.250. The first-order valence-electron chi connectivity index (χ1n) is 7.51. The third kappa shape index (κ3) is 4.42. The number of rotatable bonds is 0. The highest BCUT2D eigenvalue weighted by molar-refractivity contribution is 5.71. The molecule has 0 aromatic carbocycles. The lowest BCUT2D eigenvalue weighted by atomic mass is 10.4. The Morgan fingerprint density at radius 3 is 2.12 bits per heavy atom. The Kier molecular flexibility index (Phi) is 6.07. The van der Waals surface area contributed by atoms with Crippen LogP contribution in [-0.4, -0.2) is 39.9 Å². The van der Waals surface area contributed by atoms with Gasteiger partial charge in [0.05, 0.1) is 30.5 Å². The molecule has 8 nitrogen and oxygen atoms in total. The minimum atomic E-state index is 0.644. The van der Waals surface area contributed by atoms with Crippen molar-refractivity contribution in [2.45, 2.75) is 27.7 Å². The van der Waals surface area contributed by atoms with Crippen molar-refractivity contribution in [1.82, 2.24) is 39.9 Å². The van der Waals surface area contributed by atoms with Crippen LogP contribution in [0.5, 0.6) is 0 Å². The van der Waals surface area contributed by atoms with Crippen LogP contribution in [0.25, 0.3) is 22.2 Å². The van der Waals surface area contributed by atoms with E-state index in [9.17, 15) is 0 Å². The fourth-order valence-corrected chi connectivity index (χ4v) is 1.74. The lowest BCUT2D eigenvalue weighted by Crippen LogP contribution is -1.89. The van der Waals surface area contributed by atoms with Crippen LogP contribution < -0.4 is 0 Å². The van der Waals surface area contributed by atoms with Crippen LogP contribution >= 0.6 is 0 Å². The van der Waals surface area contributed by atoms with Crippen molar-refractivity contribution in [1.29, 1.82) is 0 Å². The van der Waals surface area contributed by atoms with E-state index in [-0.39, 0.29) is 0 Å². The van der Waals surface area contributed by atoms with Crippen LogP contribution in [0.2, 0.25) is 0 Å². The number of hydrogen-bond donors (Lipinski definition) is 0. The average molecular weight is 322 g/mol. The molecule has 4 aromatic heterocycles. The average Bonchev–Trinajstić information content (AvgIpc) is 2.64. The molecule has 0 N–H and O–H groups in total. The first kappa shape index (κ1) is 17.2. The number of nitrogens with zero attached hydrogens (tertiary/aromatic N) is 8. The van der Waals surface area contributed by atoms with Gasteiger partial charge in [-0.25, -0.2) is 39.9 Å². The molecule has 24 heavy (non-hydrogen) atoms. The largest absolute Gasteiger partial charge is 0.247 e. The molecule has 0 aliphatic rings. The summed E-state index contributed by atoms with van der Waals surface area (Å²) < 4.78 is 0. The lowest BCUT2D eigenvalue weighted by molar-refractivity contribution is 1.07. The molecule has 0 saturated heterocycles. The topological polar surface area (TPSA) is 103 Å². The lowest BCUT2D eigenvalue weighted by Gasteiger charge is -1.93.